The van der Waals surface area contributed by atoms with E-state index in [1.807, 2.05) is 0 Å². The lowest BCUT2D eigenvalue weighted by Gasteiger charge is -2.18. The van der Waals surface area contributed by atoms with Crippen LogP contribution in [0, 0.1) is 0 Å². The quantitative estimate of drug-likeness (QED) is 0.0262. The fourth-order valence-corrected chi connectivity index (χ4v) is 7.33. The van der Waals surface area contributed by atoms with E-state index in [1.54, 1.807) is 0 Å². The first-order valence-electron chi connectivity index (χ1n) is 27.1. The Morgan fingerprint density at radius 1 is 0.323 bits per heavy atom. The zero-order valence-electron chi connectivity index (χ0n) is 42.5. The molecule has 1 unspecified atom stereocenters. The molecule has 0 aliphatic rings. The molecule has 6 heteroatoms. The van der Waals surface area contributed by atoms with Crippen LogP contribution in [0.15, 0.2) is 85.1 Å². The number of unbranched alkanes of at least 4 members (excludes halogenated alkanes) is 23. The summed E-state index contributed by atoms with van der Waals surface area (Å²) in [5.74, 6) is -0.906. The van der Waals surface area contributed by atoms with E-state index in [2.05, 4.69) is 106 Å². The molecule has 0 saturated carbocycles. The highest BCUT2D eigenvalue weighted by atomic mass is 16.6. The van der Waals surface area contributed by atoms with E-state index < -0.39 is 6.10 Å². The van der Waals surface area contributed by atoms with Crippen molar-refractivity contribution in [3.05, 3.63) is 85.1 Å². The summed E-state index contributed by atoms with van der Waals surface area (Å²) in [5.41, 5.74) is 0. The minimum absolute atomic E-state index is 0.0820. The van der Waals surface area contributed by atoms with E-state index >= 15 is 0 Å². The first-order chi connectivity index (χ1) is 32.0. The monoisotopic (exact) mass is 905 g/mol. The summed E-state index contributed by atoms with van der Waals surface area (Å²) >= 11 is 0. The molecule has 0 aromatic carbocycles. The normalized spacial score (nSPS) is 12.7. The van der Waals surface area contributed by atoms with Crippen molar-refractivity contribution >= 4 is 17.9 Å². The predicted molar refractivity (Wildman–Crippen MR) is 279 cm³/mol. The van der Waals surface area contributed by atoms with Crippen molar-refractivity contribution in [1.29, 1.82) is 0 Å². The van der Waals surface area contributed by atoms with Gasteiger partial charge in [-0.15, -0.1) is 0 Å². The number of hydrogen-bond donors (Lipinski definition) is 0. The summed E-state index contributed by atoms with van der Waals surface area (Å²) in [6.07, 6.45) is 68.8. The van der Waals surface area contributed by atoms with Gasteiger partial charge in [0.05, 0.1) is 0 Å². The van der Waals surface area contributed by atoms with Crippen LogP contribution in [0.1, 0.15) is 252 Å². The van der Waals surface area contributed by atoms with Crippen LogP contribution in [0.2, 0.25) is 0 Å². The van der Waals surface area contributed by atoms with Crippen LogP contribution < -0.4 is 0 Å². The fourth-order valence-electron chi connectivity index (χ4n) is 7.33. The van der Waals surface area contributed by atoms with Crippen molar-refractivity contribution in [2.24, 2.45) is 0 Å². The fraction of sp³-hybridized carbons (Fsp3) is 0.712. The van der Waals surface area contributed by atoms with E-state index in [0.717, 1.165) is 122 Å². The Morgan fingerprint density at radius 3 is 1.00 bits per heavy atom. The molecular weight excluding hydrogens is 805 g/mol. The van der Waals surface area contributed by atoms with Crippen LogP contribution >= 0.6 is 0 Å². The van der Waals surface area contributed by atoms with Gasteiger partial charge in [0.25, 0.3) is 0 Å². The standard InChI is InChI=1S/C59H100O6/c1-4-7-10-13-16-18-20-22-23-24-25-26-27-28-29-30-31-32-33-34-35-37-38-40-43-46-49-52-58(61)64-55-56(54-63-57(60)51-48-45-42-15-12-9-6-3)65-59(62)53-50-47-44-41-39-36-21-19-17-14-11-8-5-2/h7,10-11,14,16,18-19,21-23,25-26,28-29,56H,4-6,8-9,12-13,15,17,20,24,27,30-55H2,1-3H3/b10-7-,14-11-,18-16-,21-19-,23-22-,26-25-,29-28-. The third-order valence-electron chi connectivity index (χ3n) is 11.4. The average Bonchev–Trinajstić information content (AvgIpc) is 3.30. The van der Waals surface area contributed by atoms with Gasteiger partial charge in [-0.25, -0.2) is 0 Å². The maximum atomic E-state index is 12.7. The van der Waals surface area contributed by atoms with Gasteiger partial charge < -0.3 is 14.2 Å². The van der Waals surface area contributed by atoms with Crippen LogP contribution in [0.25, 0.3) is 0 Å². The van der Waals surface area contributed by atoms with Crippen LogP contribution in [-0.4, -0.2) is 37.2 Å². The van der Waals surface area contributed by atoms with Crippen molar-refractivity contribution in [2.45, 2.75) is 258 Å². The lowest BCUT2D eigenvalue weighted by atomic mass is 10.0. The second-order valence-electron chi connectivity index (χ2n) is 17.8. The molecule has 0 aliphatic carbocycles. The van der Waals surface area contributed by atoms with E-state index in [4.69, 9.17) is 14.2 Å². The third kappa shape index (κ3) is 51.4. The SMILES string of the molecule is CC/C=C\C/C=C\C/C=C\C/C=C\C/C=C\CCCCCCCCCCCCCC(=O)OCC(COC(=O)CCCCCCCCC)OC(=O)CCCCCCC/C=C\C/C=C\CCC. The summed E-state index contributed by atoms with van der Waals surface area (Å²) in [6.45, 7) is 6.40. The largest absolute Gasteiger partial charge is 0.462 e. The number of carbonyl (C=O) groups is 3. The van der Waals surface area contributed by atoms with Gasteiger partial charge in [0, 0.05) is 19.3 Å². The van der Waals surface area contributed by atoms with Gasteiger partial charge in [0.1, 0.15) is 13.2 Å². The molecule has 0 spiro atoms. The number of esters is 3. The topological polar surface area (TPSA) is 78.9 Å². The van der Waals surface area contributed by atoms with Crippen LogP contribution in [0.3, 0.4) is 0 Å². The highest BCUT2D eigenvalue weighted by Crippen LogP contribution is 2.15. The number of ether oxygens (including phenoxy) is 3. The minimum Gasteiger partial charge on any atom is -0.462 e. The van der Waals surface area contributed by atoms with Crippen molar-refractivity contribution in [1.82, 2.24) is 0 Å². The Bertz CT molecular complexity index is 1270. The maximum Gasteiger partial charge on any atom is 0.306 e. The van der Waals surface area contributed by atoms with Crippen molar-refractivity contribution < 1.29 is 28.6 Å². The van der Waals surface area contributed by atoms with Crippen LogP contribution in [0.5, 0.6) is 0 Å². The molecule has 6 nitrogen and oxygen atoms in total. The minimum atomic E-state index is -0.781. The molecule has 0 fully saturated rings. The second kappa shape index (κ2) is 53.2. The van der Waals surface area contributed by atoms with Gasteiger partial charge in [0.2, 0.25) is 0 Å². The first kappa shape index (κ1) is 61.6. The molecule has 0 aromatic rings. The summed E-state index contributed by atoms with van der Waals surface area (Å²) < 4.78 is 16.7. The second-order valence-corrected chi connectivity index (χ2v) is 17.8. The smallest absolute Gasteiger partial charge is 0.306 e. The first-order valence-corrected chi connectivity index (χ1v) is 27.1. The molecular formula is C59H100O6. The Labute approximate surface area is 401 Å². The summed E-state index contributed by atoms with van der Waals surface area (Å²) in [7, 11) is 0. The van der Waals surface area contributed by atoms with E-state index in [0.29, 0.717) is 19.3 Å². The van der Waals surface area contributed by atoms with Gasteiger partial charge in [-0.2, -0.15) is 0 Å². The number of carbonyl (C=O) groups excluding carboxylic acids is 3. The molecule has 0 N–H and O–H groups in total. The van der Waals surface area contributed by atoms with Crippen molar-refractivity contribution in [3.8, 4) is 0 Å². The third-order valence-corrected chi connectivity index (χ3v) is 11.4. The Balaban J connectivity index is 4.14. The molecule has 0 rings (SSSR count). The molecule has 0 saturated heterocycles. The molecule has 65 heavy (non-hydrogen) atoms. The number of allylic oxidation sites excluding steroid dienone is 14. The highest BCUT2D eigenvalue weighted by Gasteiger charge is 2.19. The number of rotatable bonds is 48. The highest BCUT2D eigenvalue weighted by molar-refractivity contribution is 5.71. The van der Waals surface area contributed by atoms with Crippen LogP contribution in [0.4, 0.5) is 0 Å². The van der Waals surface area contributed by atoms with E-state index in [9.17, 15) is 14.4 Å². The molecule has 0 heterocycles. The lowest BCUT2D eigenvalue weighted by molar-refractivity contribution is -0.167. The molecule has 0 amide bonds. The molecule has 0 radical (unpaired) electrons. The van der Waals surface area contributed by atoms with Gasteiger partial charge in [-0.1, -0.05) is 228 Å². The van der Waals surface area contributed by atoms with Gasteiger partial charge in [-0.05, 0) is 89.9 Å². The summed E-state index contributed by atoms with van der Waals surface area (Å²) in [4.78, 5) is 37.8. The number of hydrogen-bond acceptors (Lipinski definition) is 6. The predicted octanol–water partition coefficient (Wildman–Crippen LogP) is 18.0. The maximum absolute atomic E-state index is 12.7. The molecule has 372 valence electrons. The van der Waals surface area contributed by atoms with Gasteiger partial charge in [0.15, 0.2) is 6.10 Å². The Hall–Kier alpha value is -3.41. The Kier molecular flexibility index (Phi) is 50.4. The van der Waals surface area contributed by atoms with Gasteiger partial charge >= 0.3 is 17.9 Å². The molecule has 0 bridgehead atoms. The van der Waals surface area contributed by atoms with Gasteiger partial charge in [-0.3, -0.25) is 14.4 Å². The van der Waals surface area contributed by atoms with Crippen molar-refractivity contribution in [2.75, 3.05) is 13.2 Å². The summed E-state index contributed by atoms with van der Waals surface area (Å²) in [5, 5.41) is 0. The van der Waals surface area contributed by atoms with E-state index in [1.165, 1.54) is 89.9 Å². The average molecular weight is 905 g/mol. The zero-order valence-corrected chi connectivity index (χ0v) is 42.5. The zero-order chi connectivity index (χ0) is 47.2. The van der Waals surface area contributed by atoms with Crippen LogP contribution in [-0.2, 0) is 28.6 Å². The van der Waals surface area contributed by atoms with E-state index in [-0.39, 0.29) is 31.1 Å². The van der Waals surface area contributed by atoms with Crippen molar-refractivity contribution in [3.63, 3.8) is 0 Å². The Morgan fingerprint density at radius 2 is 0.631 bits per heavy atom. The molecule has 0 aliphatic heterocycles. The molecule has 1 atom stereocenters. The molecule has 0 aromatic heterocycles. The lowest BCUT2D eigenvalue weighted by Crippen LogP contribution is -2.30. The summed E-state index contributed by atoms with van der Waals surface area (Å²) in [6, 6.07) is 0.